The summed E-state index contributed by atoms with van der Waals surface area (Å²) in [6.45, 7) is 0. The highest BCUT2D eigenvalue weighted by atomic mass is 31.2. The van der Waals surface area contributed by atoms with Crippen LogP contribution in [0.1, 0.15) is 17.7 Å². The molecule has 6 aromatic carbocycles. The van der Waals surface area contributed by atoms with Gasteiger partial charge >= 0.3 is 16.5 Å². The van der Waals surface area contributed by atoms with Gasteiger partial charge in [-0.1, -0.05) is 121 Å². The smallest absolute Gasteiger partial charge is 0.395 e. The summed E-state index contributed by atoms with van der Waals surface area (Å²) in [5, 5.41) is 4.32. The molecule has 0 amide bonds. The molecule has 9 rings (SSSR count). The lowest BCUT2D eigenvalue weighted by atomic mass is 10.0. The fourth-order valence-electron chi connectivity index (χ4n) is 6.52. The van der Waals surface area contributed by atoms with Gasteiger partial charge in [0.05, 0.1) is 10.6 Å². The number of rotatable bonds is 7. The Morgan fingerprint density at radius 3 is 1.56 bits per heavy atom. The maximum Gasteiger partial charge on any atom is 0.453 e. The highest BCUT2D eigenvalue weighted by Crippen LogP contribution is 2.50. The minimum Gasteiger partial charge on any atom is -0.395 e. The van der Waals surface area contributed by atoms with E-state index in [1.807, 2.05) is 146 Å². The summed E-state index contributed by atoms with van der Waals surface area (Å²) < 4.78 is 55.1. The Balaban J connectivity index is 1.21. The highest BCUT2D eigenvalue weighted by Gasteiger charge is 2.36. The van der Waals surface area contributed by atoms with Crippen LogP contribution in [0, 0.1) is 0 Å². The molecule has 10 heteroatoms. The molecule has 2 aromatic heterocycles. The molecule has 0 N–H and O–H groups in total. The molecule has 0 saturated carbocycles. The molecule has 256 valence electrons. The Labute approximate surface area is 301 Å². The van der Waals surface area contributed by atoms with Gasteiger partial charge in [-0.2, -0.15) is 0 Å². The van der Waals surface area contributed by atoms with Gasteiger partial charge in [-0.25, -0.2) is 0 Å². The van der Waals surface area contributed by atoms with Crippen molar-refractivity contribution in [2.24, 2.45) is 0 Å². The topological polar surface area (TPSA) is 88.1 Å². The molecule has 1 aliphatic rings. The van der Waals surface area contributed by atoms with E-state index in [-0.39, 0.29) is 0 Å². The van der Waals surface area contributed by atoms with Gasteiger partial charge in [0.15, 0.2) is 7.14 Å². The first-order valence-electron chi connectivity index (χ1n) is 16.9. The third kappa shape index (κ3) is 5.97. The van der Waals surface area contributed by atoms with Gasteiger partial charge in [0.1, 0.15) is 34.0 Å². The Kier molecular flexibility index (Phi) is 8.62. The van der Waals surface area contributed by atoms with Gasteiger partial charge in [-0.05, 0) is 48.9 Å². The van der Waals surface area contributed by atoms with Crippen LogP contribution >= 0.6 is 23.6 Å². The summed E-state index contributed by atoms with van der Waals surface area (Å²) >= 11 is 0. The summed E-state index contributed by atoms with van der Waals surface area (Å²) in [4.78, 5) is 0. The van der Waals surface area contributed by atoms with Gasteiger partial charge in [-0.15, -0.1) is 0 Å². The number of benzene rings is 6. The minimum atomic E-state index is -3.71. The molecule has 8 aromatic rings. The van der Waals surface area contributed by atoms with Crippen LogP contribution in [0.15, 0.2) is 175 Å². The number of aryl methyl sites for hydroxylation is 1. The molecule has 0 fully saturated rings. The van der Waals surface area contributed by atoms with E-state index in [2.05, 4.69) is 12.2 Å². The van der Waals surface area contributed by atoms with E-state index in [9.17, 15) is 0 Å². The predicted molar refractivity (Wildman–Crippen MR) is 210 cm³/mol. The first-order chi connectivity index (χ1) is 25.6. The summed E-state index contributed by atoms with van der Waals surface area (Å²) in [5.41, 5.74) is 2.93. The Hall–Kier alpha value is -5.57. The third-order valence-corrected chi connectivity index (χ3v) is 14.2. The molecule has 2 unspecified atom stereocenters. The van der Waals surface area contributed by atoms with Crippen molar-refractivity contribution in [2.75, 3.05) is 0 Å². The summed E-state index contributed by atoms with van der Waals surface area (Å²) in [6, 6.07) is 47.5. The molecule has 1 aliphatic carbocycles. The van der Waals surface area contributed by atoms with Crippen molar-refractivity contribution in [3.8, 4) is 11.5 Å². The van der Waals surface area contributed by atoms with Crippen LogP contribution in [-0.2, 0) is 11.0 Å². The quantitative estimate of drug-likeness (QED) is 0.150. The zero-order chi connectivity index (χ0) is 34.9. The van der Waals surface area contributed by atoms with Crippen LogP contribution in [-0.4, -0.2) is 0 Å². The van der Waals surface area contributed by atoms with Crippen LogP contribution < -0.4 is 25.0 Å². The maximum absolute atomic E-state index is 16.2. The average Bonchev–Trinajstić information content (AvgIpc) is 3.45. The number of allylic oxidation sites excluding steroid dienone is 1. The molecule has 2 atom stereocenters. The number of para-hydroxylation sites is 5. The Morgan fingerprint density at radius 1 is 0.500 bits per heavy atom. The zero-order valence-electron chi connectivity index (χ0n) is 27.7. The largest absolute Gasteiger partial charge is 0.453 e. The van der Waals surface area contributed by atoms with Gasteiger partial charge in [0.2, 0.25) is 0 Å². The molecule has 52 heavy (non-hydrogen) atoms. The van der Waals surface area contributed by atoms with Crippen molar-refractivity contribution in [1.29, 1.82) is 0 Å². The molecule has 0 saturated heterocycles. The van der Waals surface area contributed by atoms with Crippen molar-refractivity contribution in [2.45, 2.75) is 12.8 Å². The van der Waals surface area contributed by atoms with E-state index in [0.29, 0.717) is 44.2 Å². The van der Waals surface area contributed by atoms with Crippen LogP contribution in [0.3, 0.4) is 0 Å². The molecular weight excluding hydrogens is 709 g/mol. The number of hydrogen-bond acceptors (Lipinski definition) is 7. The van der Waals surface area contributed by atoms with Crippen molar-refractivity contribution in [3.63, 3.8) is 0 Å². The lowest BCUT2D eigenvalue weighted by molar-refractivity contribution is 0.466. The van der Waals surface area contributed by atoms with E-state index in [1.54, 1.807) is 6.07 Å². The second kappa shape index (κ2) is 13.9. The summed E-state index contributed by atoms with van der Waals surface area (Å²) in [7, 11) is -7.68. The van der Waals surface area contributed by atoms with E-state index in [4.69, 9.17) is 25.8 Å². The fraction of sp³-hybridized carbons (Fsp3) is 0.0476. The second-order valence-corrected chi connectivity index (χ2v) is 16.8. The molecule has 0 aliphatic heterocycles. The molecule has 0 bridgehead atoms. The SMILES string of the molecule is O=P(c1ccccc1)(c1ccccc1Op1oc2c(c3ccccc3o1)C=CCC2)c1ccccc1Op1oc2ccccc2c2ccccc2o1. The van der Waals surface area contributed by atoms with Crippen LogP contribution in [0.4, 0.5) is 0 Å². The van der Waals surface area contributed by atoms with Crippen molar-refractivity contribution in [3.05, 3.63) is 169 Å². The number of fused-ring (bicyclic) bond motifs is 6. The molecular formula is C42H31O7P3. The Bertz CT molecular complexity index is 2690. The molecule has 0 radical (unpaired) electrons. The molecule has 2 heterocycles. The van der Waals surface area contributed by atoms with Gasteiger partial charge < -0.3 is 30.4 Å². The standard InChI is InChI=1S/C42H31O7P3/c43-52(30-16-2-1-3-17-30,41-28-14-12-26-39(41)48-50-44-35-22-8-4-18-31(35)32-19-5-9-23-36(32)45-50)42-29-15-13-27-40(42)49-51-46-37-24-10-6-20-33(37)34-21-7-11-25-38(34)47-51/h1-10,12-24,26-29H,11,25H2. The van der Waals surface area contributed by atoms with Gasteiger partial charge in [0.25, 0.3) is 0 Å². The van der Waals surface area contributed by atoms with Gasteiger partial charge in [0, 0.05) is 33.4 Å². The second-order valence-electron chi connectivity index (χ2n) is 12.1. The van der Waals surface area contributed by atoms with E-state index in [0.717, 1.165) is 40.3 Å². The van der Waals surface area contributed by atoms with Crippen LogP contribution in [0.5, 0.6) is 11.5 Å². The van der Waals surface area contributed by atoms with E-state index < -0.39 is 23.6 Å². The van der Waals surface area contributed by atoms with Crippen LogP contribution in [0.25, 0.3) is 39.0 Å². The lowest BCUT2D eigenvalue weighted by Crippen LogP contribution is -2.26. The highest BCUT2D eigenvalue weighted by molar-refractivity contribution is 7.85. The molecule has 0 spiro atoms. The van der Waals surface area contributed by atoms with Crippen molar-refractivity contribution in [1.82, 2.24) is 0 Å². The fourth-order valence-corrected chi connectivity index (χ4v) is 11.7. The van der Waals surface area contributed by atoms with Crippen LogP contribution in [0.2, 0.25) is 0 Å². The van der Waals surface area contributed by atoms with E-state index >= 15 is 4.57 Å². The zero-order valence-corrected chi connectivity index (χ0v) is 30.4. The number of hydrogen-bond donors (Lipinski definition) is 0. The van der Waals surface area contributed by atoms with Gasteiger partial charge in [-0.3, -0.25) is 0 Å². The molecule has 7 nitrogen and oxygen atoms in total. The van der Waals surface area contributed by atoms with E-state index in [1.165, 1.54) is 0 Å². The average molecular weight is 741 g/mol. The first-order valence-corrected chi connectivity index (χ1v) is 20.8. The monoisotopic (exact) mass is 740 g/mol. The predicted octanol–water partition coefficient (Wildman–Crippen LogP) is 12.0. The lowest BCUT2D eigenvalue weighted by Gasteiger charge is -2.23. The third-order valence-electron chi connectivity index (χ3n) is 8.94. The maximum atomic E-state index is 16.2. The first kappa shape index (κ1) is 32.3. The van der Waals surface area contributed by atoms with Crippen molar-refractivity contribution >= 4 is 78.5 Å². The van der Waals surface area contributed by atoms with Crippen molar-refractivity contribution < 1.29 is 30.4 Å². The Morgan fingerprint density at radius 2 is 0.962 bits per heavy atom. The minimum absolute atomic E-state index is 0.373. The summed E-state index contributed by atoms with van der Waals surface area (Å²) in [6.07, 6.45) is 5.80. The summed E-state index contributed by atoms with van der Waals surface area (Å²) in [5.74, 6) is 1.58. The normalized spacial score (nSPS) is 13.7.